The van der Waals surface area contributed by atoms with Gasteiger partial charge in [-0.3, -0.25) is 4.90 Å². The molecule has 2 atom stereocenters. The maximum atomic E-state index is 3.31. The minimum atomic E-state index is 0.907. The van der Waals surface area contributed by atoms with Gasteiger partial charge in [-0.1, -0.05) is 6.92 Å². The van der Waals surface area contributed by atoms with Gasteiger partial charge in [0, 0.05) is 12.1 Å². The zero-order chi connectivity index (χ0) is 9.26. The highest BCUT2D eigenvalue weighted by Crippen LogP contribution is 2.38. The van der Waals surface area contributed by atoms with Crippen molar-refractivity contribution in [3.8, 4) is 0 Å². The van der Waals surface area contributed by atoms with Gasteiger partial charge in [-0.05, 0) is 51.7 Å². The van der Waals surface area contributed by atoms with E-state index in [0.717, 1.165) is 18.0 Å². The topological polar surface area (TPSA) is 15.3 Å². The van der Waals surface area contributed by atoms with Crippen molar-refractivity contribution in [3.63, 3.8) is 0 Å². The fourth-order valence-corrected chi connectivity index (χ4v) is 2.66. The molecule has 2 nitrogen and oxygen atoms in total. The minimum absolute atomic E-state index is 0.907. The van der Waals surface area contributed by atoms with E-state index in [1.807, 2.05) is 0 Å². The van der Waals surface area contributed by atoms with E-state index in [-0.39, 0.29) is 0 Å². The van der Waals surface area contributed by atoms with Crippen LogP contribution in [0.4, 0.5) is 0 Å². The lowest BCUT2D eigenvalue weighted by molar-refractivity contribution is 0.0605. The zero-order valence-electron chi connectivity index (χ0n) is 8.92. The fourth-order valence-electron chi connectivity index (χ4n) is 2.66. The van der Waals surface area contributed by atoms with Gasteiger partial charge in [0.2, 0.25) is 0 Å². The van der Waals surface area contributed by atoms with Crippen LogP contribution >= 0.6 is 0 Å². The molecule has 0 aromatic rings. The quantitative estimate of drug-likeness (QED) is 0.692. The van der Waals surface area contributed by atoms with E-state index in [1.165, 1.54) is 38.8 Å². The first kappa shape index (κ1) is 9.47. The van der Waals surface area contributed by atoms with Crippen LogP contribution in [0.1, 0.15) is 32.6 Å². The van der Waals surface area contributed by atoms with E-state index < -0.39 is 0 Å². The zero-order valence-corrected chi connectivity index (χ0v) is 8.92. The second-order valence-corrected chi connectivity index (χ2v) is 4.52. The number of nitrogens with zero attached hydrogens (tertiary/aromatic N) is 1. The van der Waals surface area contributed by atoms with E-state index in [1.54, 1.807) is 0 Å². The summed E-state index contributed by atoms with van der Waals surface area (Å²) >= 11 is 0. The van der Waals surface area contributed by atoms with E-state index >= 15 is 0 Å². The molecule has 76 valence electrons. The predicted octanol–water partition coefficient (Wildman–Crippen LogP) is 1.47. The number of nitrogens with one attached hydrogen (secondary N) is 1. The molecule has 0 heterocycles. The van der Waals surface area contributed by atoms with Gasteiger partial charge in [0.25, 0.3) is 0 Å². The van der Waals surface area contributed by atoms with Crippen molar-refractivity contribution in [3.05, 3.63) is 0 Å². The Morgan fingerprint density at radius 1 is 1.23 bits per heavy atom. The first-order valence-electron chi connectivity index (χ1n) is 5.77. The van der Waals surface area contributed by atoms with Crippen LogP contribution in [-0.4, -0.2) is 37.1 Å². The fraction of sp³-hybridized carbons (Fsp3) is 1.00. The van der Waals surface area contributed by atoms with E-state index in [4.69, 9.17) is 0 Å². The molecule has 2 saturated carbocycles. The van der Waals surface area contributed by atoms with Crippen molar-refractivity contribution < 1.29 is 0 Å². The Hall–Kier alpha value is -0.0800. The number of rotatable bonds is 5. The van der Waals surface area contributed by atoms with E-state index in [0.29, 0.717) is 0 Å². The highest BCUT2D eigenvalue weighted by atomic mass is 15.2. The molecule has 2 unspecified atom stereocenters. The molecule has 1 N–H and O–H groups in total. The maximum absolute atomic E-state index is 3.31. The first-order chi connectivity index (χ1) is 6.36. The van der Waals surface area contributed by atoms with Crippen LogP contribution in [0.3, 0.4) is 0 Å². The molecular formula is C11H22N2. The summed E-state index contributed by atoms with van der Waals surface area (Å²) in [7, 11) is 2.07. The standard InChI is InChI=1S/C11H22N2/c1-3-13(10-5-6-10)11-7-4-9(11)8-12-2/h9-12H,3-8H2,1-2H3. The van der Waals surface area contributed by atoms with Gasteiger partial charge in [0.05, 0.1) is 0 Å². The lowest BCUT2D eigenvalue weighted by Gasteiger charge is -2.44. The van der Waals surface area contributed by atoms with Crippen LogP contribution in [0, 0.1) is 5.92 Å². The highest BCUT2D eigenvalue weighted by Gasteiger charge is 2.40. The number of hydrogen-bond acceptors (Lipinski definition) is 2. The van der Waals surface area contributed by atoms with Gasteiger partial charge < -0.3 is 5.32 Å². The normalized spacial score (nSPS) is 33.5. The van der Waals surface area contributed by atoms with Gasteiger partial charge in [-0.25, -0.2) is 0 Å². The van der Waals surface area contributed by atoms with Crippen LogP contribution in [-0.2, 0) is 0 Å². The lowest BCUT2D eigenvalue weighted by Crippen LogP contribution is -2.51. The molecular weight excluding hydrogens is 160 g/mol. The van der Waals surface area contributed by atoms with Gasteiger partial charge in [0.15, 0.2) is 0 Å². The van der Waals surface area contributed by atoms with Crippen molar-refractivity contribution in [2.75, 3.05) is 20.1 Å². The summed E-state index contributed by atoms with van der Waals surface area (Å²) in [6, 6.07) is 1.86. The summed E-state index contributed by atoms with van der Waals surface area (Å²) in [5, 5.41) is 3.31. The lowest BCUT2D eigenvalue weighted by atomic mass is 9.78. The Bertz CT molecular complexity index is 165. The molecule has 0 bridgehead atoms. The third kappa shape index (κ3) is 1.89. The monoisotopic (exact) mass is 182 g/mol. The average Bonchev–Trinajstić information content (AvgIpc) is 2.91. The number of hydrogen-bond donors (Lipinski definition) is 1. The third-order valence-corrected chi connectivity index (χ3v) is 3.65. The van der Waals surface area contributed by atoms with Gasteiger partial charge >= 0.3 is 0 Å². The highest BCUT2D eigenvalue weighted by molar-refractivity contribution is 4.96. The van der Waals surface area contributed by atoms with Gasteiger partial charge in [-0.2, -0.15) is 0 Å². The van der Waals surface area contributed by atoms with E-state index in [2.05, 4.69) is 24.2 Å². The molecule has 13 heavy (non-hydrogen) atoms. The second-order valence-electron chi connectivity index (χ2n) is 4.52. The Kier molecular flexibility index (Phi) is 2.89. The molecule has 2 aliphatic carbocycles. The summed E-state index contributed by atoms with van der Waals surface area (Å²) in [5.74, 6) is 0.936. The maximum Gasteiger partial charge on any atom is 0.0139 e. The predicted molar refractivity (Wildman–Crippen MR) is 55.8 cm³/mol. The van der Waals surface area contributed by atoms with Crippen LogP contribution in [0.2, 0.25) is 0 Å². The second kappa shape index (κ2) is 3.97. The van der Waals surface area contributed by atoms with Crippen molar-refractivity contribution >= 4 is 0 Å². The summed E-state index contributed by atoms with van der Waals surface area (Å²) < 4.78 is 0. The summed E-state index contributed by atoms with van der Waals surface area (Å²) in [6.45, 7) is 4.79. The molecule has 2 fully saturated rings. The van der Waals surface area contributed by atoms with Gasteiger partial charge in [0.1, 0.15) is 0 Å². The van der Waals surface area contributed by atoms with Crippen LogP contribution < -0.4 is 5.32 Å². The molecule has 2 rings (SSSR count). The largest absolute Gasteiger partial charge is 0.319 e. The third-order valence-electron chi connectivity index (χ3n) is 3.65. The SMILES string of the molecule is CCN(C1CC1)C1CCC1CNC. The van der Waals surface area contributed by atoms with Crippen molar-refractivity contribution in [2.45, 2.75) is 44.7 Å². The molecule has 0 spiro atoms. The smallest absolute Gasteiger partial charge is 0.0139 e. The molecule has 2 aliphatic rings. The molecule has 0 aromatic carbocycles. The van der Waals surface area contributed by atoms with Crippen LogP contribution in [0.5, 0.6) is 0 Å². The van der Waals surface area contributed by atoms with E-state index in [9.17, 15) is 0 Å². The molecule has 0 amide bonds. The molecule has 0 aromatic heterocycles. The minimum Gasteiger partial charge on any atom is -0.319 e. The summed E-state index contributed by atoms with van der Waals surface area (Å²) in [5.41, 5.74) is 0. The van der Waals surface area contributed by atoms with Crippen molar-refractivity contribution in [1.29, 1.82) is 0 Å². The molecule has 0 aliphatic heterocycles. The summed E-state index contributed by atoms with van der Waals surface area (Å²) in [4.78, 5) is 2.74. The Labute approximate surface area is 81.7 Å². The van der Waals surface area contributed by atoms with Crippen LogP contribution in [0.15, 0.2) is 0 Å². The van der Waals surface area contributed by atoms with Crippen LogP contribution in [0.25, 0.3) is 0 Å². The summed E-state index contributed by atoms with van der Waals surface area (Å²) in [6.07, 6.45) is 5.79. The van der Waals surface area contributed by atoms with Crippen molar-refractivity contribution in [1.82, 2.24) is 10.2 Å². The Balaban J connectivity index is 1.83. The Morgan fingerprint density at radius 3 is 2.38 bits per heavy atom. The van der Waals surface area contributed by atoms with Crippen molar-refractivity contribution in [2.24, 2.45) is 5.92 Å². The van der Waals surface area contributed by atoms with Gasteiger partial charge in [-0.15, -0.1) is 0 Å². The molecule has 0 radical (unpaired) electrons. The first-order valence-corrected chi connectivity index (χ1v) is 5.77. The Morgan fingerprint density at radius 2 is 2.00 bits per heavy atom. The molecule has 2 heteroatoms. The molecule has 0 saturated heterocycles. The average molecular weight is 182 g/mol.